The van der Waals surface area contributed by atoms with Crippen molar-refractivity contribution in [2.45, 2.75) is 26.1 Å². The second kappa shape index (κ2) is 7.23. The zero-order valence-corrected chi connectivity index (χ0v) is 14.4. The molecule has 0 aliphatic carbocycles. The minimum absolute atomic E-state index is 0.208. The lowest BCUT2D eigenvalue weighted by atomic mass is 10.0. The fraction of sp³-hybridized carbons (Fsp3) is 0.375. The van der Waals surface area contributed by atoms with Crippen molar-refractivity contribution < 1.29 is 23.5 Å². The van der Waals surface area contributed by atoms with Crippen molar-refractivity contribution in [3.8, 4) is 17.2 Å². The van der Waals surface area contributed by atoms with E-state index >= 15 is 0 Å². The molecular formula is C16H19FO4Si. The van der Waals surface area contributed by atoms with E-state index in [-0.39, 0.29) is 5.56 Å². The van der Waals surface area contributed by atoms with Crippen LogP contribution in [0.1, 0.15) is 22.3 Å². The van der Waals surface area contributed by atoms with Crippen molar-refractivity contribution in [2.24, 2.45) is 0 Å². The molecule has 0 heterocycles. The summed E-state index contributed by atoms with van der Waals surface area (Å²) in [6.07, 6.45) is -0.517. The maximum atomic E-state index is 14.1. The molecule has 0 spiro atoms. The van der Waals surface area contributed by atoms with Crippen LogP contribution < -0.4 is 4.74 Å². The van der Waals surface area contributed by atoms with E-state index in [1.54, 1.807) is 0 Å². The SMILES string of the molecule is COC(=O)CC(=O)c1cc(OC)c(C#C[Si](C)(C)C)cc1F. The minimum Gasteiger partial charge on any atom is -0.495 e. The lowest BCUT2D eigenvalue weighted by Crippen LogP contribution is -2.16. The molecule has 0 aliphatic rings. The van der Waals surface area contributed by atoms with Gasteiger partial charge in [0.25, 0.3) is 0 Å². The number of carbonyl (C=O) groups is 2. The van der Waals surface area contributed by atoms with Crippen molar-refractivity contribution in [3.63, 3.8) is 0 Å². The molecule has 1 aromatic rings. The van der Waals surface area contributed by atoms with Gasteiger partial charge in [0, 0.05) is 0 Å². The van der Waals surface area contributed by atoms with E-state index in [1.165, 1.54) is 20.3 Å². The van der Waals surface area contributed by atoms with Gasteiger partial charge in [-0.1, -0.05) is 25.6 Å². The molecule has 118 valence electrons. The average Bonchev–Trinajstić information content (AvgIpc) is 2.43. The van der Waals surface area contributed by atoms with Gasteiger partial charge in [-0.2, -0.15) is 0 Å². The van der Waals surface area contributed by atoms with Crippen LogP contribution in [0.25, 0.3) is 0 Å². The van der Waals surface area contributed by atoms with E-state index in [2.05, 4.69) is 35.8 Å². The Balaban J connectivity index is 3.22. The largest absolute Gasteiger partial charge is 0.495 e. The smallest absolute Gasteiger partial charge is 0.313 e. The molecule has 6 heteroatoms. The number of rotatable bonds is 4. The summed E-state index contributed by atoms with van der Waals surface area (Å²) in [4.78, 5) is 23.0. The average molecular weight is 322 g/mol. The number of ether oxygens (including phenoxy) is 2. The summed E-state index contributed by atoms with van der Waals surface area (Å²) >= 11 is 0. The Morgan fingerprint density at radius 1 is 1.23 bits per heavy atom. The lowest BCUT2D eigenvalue weighted by Gasteiger charge is -2.09. The molecule has 1 aromatic carbocycles. The van der Waals surface area contributed by atoms with Gasteiger partial charge in [-0.05, 0) is 12.1 Å². The predicted octanol–water partition coefficient (Wildman–Crippen LogP) is 2.81. The molecule has 0 unspecified atom stereocenters. The third-order valence-electron chi connectivity index (χ3n) is 2.69. The first kappa shape index (κ1) is 17.9. The highest BCUT2D eigenvalue weighted by molar-refractivity contribution is 6.83. The molecule has 0 saturated heterocycles. The number of Topliss-reactive ketones (excluding diaryl/α,β-unsaturated/α-hetero) is 1. The van der Waals surface area contributed by atoms with E-state index in [0.29, 0.717) is 11.3 Å². The Bertz CT molecular complexity index is 651. The van der Waals surface area contributed by atoms with Gasteiger partial charge >= 0.3 is 5.97 Å². The molecule has 0 radical (unpaired) electrons. The van der Waals surface area contributed by atoms with Gasteiger partial charge in [0.2, 0.25) is 0 Å². The van der Waals surface area contributed by atoms with Crippen molar-refractivity contribution in [1.29, 1.82) is 0 Å². The van der Waals surface area contributed by atoms with E-state index in [4.69, 9.17) is 4.74 Å². The van der Waals surface area contributed by atoms with Crippen LogP contribution in [0.4, 0.5) is 4.39 Å². The van der Waals surface area contributed by atoms with Gasteiger partial charge in [-0.3, -0.25) is 9.59 Å². The number of halogens is 1. The molecule has 0 fully saturated rings. The highest BCUT2D eigenvalue weighted by Gasteiger charge is 2.19. The van der Waals surface area contributed by atoms with Crippen LogP contribution >= 0.6 is 0 Å². The lowest BCUT2D eigenvalue weighted by molar-refractivity contribution is -0.139. The van der Waals surface area contributed by atoms with Gasteiger partial charge in [-0.25, -0.2) is 4.39 Å². The summed E-state index contributed by atoms with van der Waals surface area (Å²) in [5.74, 6) is 1.11. The van der Waals surface area contributed by atoms with Gasteiger partial charge in [0.05, 0.1) is 25.3 Å². The van der Waals surface area contributed by atoms with E-state index in [1.807, 2.05) is 0 Å². The molecule has 0 saturated carbocycles. The van der Waals surface area contributed by atoms with Crippen molar-refractivity contribution >= 4 is 19.8 Å². The molecule has 0 aromatic heterocycles. The maximum Gasteiger partial charge on any atom is 0.313 e. The van der Waals surface area contributed by atoms with Crippen LogP contribution in [0.5, 0.6) is 5.75 Å². The molecular weight excluding hydrogens is 303 g/mol. The molecule has 0 bridgehead atoms. The minimum atomic E-state index is -1.62. The van der Waals surface area contributed by atoms with Crippen LogP contribution in [0.3, 0.4) is 0 Å². The molecule has 0 aliphatic heterocycles. The Morgan fingerprint density at radius 2 is 1.86 bits per heavy atom. The fourth-order valence-corrected chi connectivity index (χ4v) is 2.10. The maximum absolute atomic E-state index is 14.1. The van der Waals surface area contributed by atoms with Crippen molar-refractivity contribution in [2.75, 3.05) is 14.2 Å². The molecule has 0 N–H and O–H groups in total. The van der Waals surface area contributed by atoms with Gasteiger partial charge in [-0.15, -0.1) is 5.54 Å². The summed E-state index contributed by atoms with van der Waals surface area (Å²) < 4.78 is 23.7. The summed E-state index contributed by atoms with van der Waals surface area (Å²) in [5, 5.41) is 0. The summed E-state index contributed by atoms with van der Waals surface area (Å²) in [5.41, 5.74) is 3.29. The zero-order valence-electron chi connectivity index (χ0n) is 13.4. The molecule has 22 heavy (non-hydrogen) atoms. The van der Waals surface area contributed by atoms with E-state index < -0.39 is 32.1 Å². The van der Waals surface area contributed by atoms with Crippen LogP contribution in [-0.2, 0) is 9.53 Å². The van der Waals surface area contributed by atoms with Crippen LogP contribution in [-0.4, -0.2) is 34.0 Å². The number of hydrogen-bond donors (Lipinski definition) is 0. The van der Waals surface area contributed by atoms with E-state index in [0.717, 1.165) is 6.07 Å². The number of esters is 1. The Hall–Kier alpha value is -2.13. The number of ketones is 1. The summed E-state index contributed by atoms with van der Waals surface area (Å²) in [7, 11) is 0.964. The predicted molar refractivity (Wildman–Crippen MR) is 84.1 cm³/mol. The number of benzene rings is 1. The monoisotopic (exact) mass is 322 g/mol. The second-order valence-corrected chi connectivity index (χ2v) is 10.5. The highest BCUT2D eigenvalue weighted by atomic mass is 28.3. The standard InChI is InChI=1S/C16H19FO4Si/c1-20-15-9-12(14(18)10-16(19)21-2)13(17)8-11(15)6-7-22(3,4)5/h8-9H,10H2,1-5H3. The number of methoxy groups -OCH3 is 2. The fourth-order valence-electron chi connectivity index (χ4n) is 1.59. The molecule has 4 nitrogen and oxygen atoms in total. The second-order valence-electron chi connectivity index (χ2n) is 5.71. The van der Waals surface area contributed by atoms with Gasteiger partial charge in [0.15, 0.2) is 5.78 Å². The zero-order chi connectivity index (χ0) is 16.9. The summed E-state index contributed by atoms with van der Waals surface area (Å²) in [6, 6.07) is 2.44. The first-order valence-corrected chi connectivity index (χ1v) is 10.2. The quantitative estimate of drug-likeness (QED) is 0.281. The third-order valence-corrected chi connectivity index (χ3v) is 3.57. The van der Waals surface area contributed by atoms with E-state index in [9.17, 15) is 14.0 Å². The van der Waals surface area contributed by atoms with Crippen molar-refractivity contribution in [3.05, 3.63) is 29.1 Å². The molecule has 1 rings (SSSR count). The van der Waals surface area contributed by atoms with Crippen LogP contribution in [0.15, 0.2) is 12.1 Å². The van der Waals surface area contributed by atoms with Crippen LogP contribution in [0, 0.1) is 17.3 Å². The normalized spacial score (nSPS) is 10.5. The summed E-state index contributed by atoms with van der Waals surface area (Å²) in [6.45, 7) is 6.20. The Labute approximate surface area is 130 Å². The van der Waals surface area contributed by atoms with Crippen LogP contribution in [0.2, 0.25) is 19.6 Å². The first-order chi connectivity index (χ1) is 10.2. The molecule has 0 amide bonds. The van der Waals surface area contributed by atoms with Gasteiger partial charge in [0.1, 0.15) is 26.1 Å². The Kier molecular flexibility index (Phi) is 5.89. The first-order valence-electron chi connectivity index (χ1n) is 6.68. The molecule has 0 atom stereocenters. The topological polar surface area (TPSA) is 52.6 Å². The van der Waals surface area contributed by atoms with Gasteiger partial charge < -0.3 is 9.47 Å². The third kappa shape index (κ3) is 5.01. The Morgan fingerprint density at radius 3 is 2.36 bits per heavy atom. The number of carbonyl (C=O) groups excluding carboxylic acids is 2. The van der Waals surface area contributed by atoms with Crippen molar-refractivity contribution in [1.82, 2.24) is 0 Å². The highest BCUT2D eigenvalue weighted by Crippen LogP contribution is 2.23. The number of hydrogen-bond acceptors (Lipinski definition) is 4.